The number of nitrogens with zero attached hydrogens (tertiary/aromatic N) is 1. The van der Waals surface area contributed by atoms with Gasteiger partial charge in [-0.25, -0.2) is 5.84 Å². The maximum atomic E-state index is 12.8. The summed E-state index contributed by atoms with van der Waals surface area (Å²) >= 11 is 1.12. The van der Waals surface area contributed by atoms with Crippen molar-refractivity contribution in [3.05, 3.63) is 39.4 Å². The zero-order chi connectivity index (χ0) is 19.6. The highest BCUT2D eigenvalue weighted by molar-refractivity contribution is 7.87. The number of aromatic nitrogens is 1. The summed E-state index contributed by atoms with van der Waals surface area (Å²) in [7, 11) is -4.03. The van der Waals surface area contributed by atoms with Crippen molar-refractivity contribution in [2.24, 2.45) is 0 Å². The average molecular weight is 400 g/mol. The van der Waals surface area contributed by atoms with Crippen molar-refractivity contribution in [1.82, 2.24) is 0 Å². The monoisotopic (exact) mass is 399 g/mol. The van der Waals surface area contributed by atoms with E-state index in [4.69, 9.17) is 14.8 Å². The molecule has 0 amide bonds. The Morgan fingerprint density at radius 3 is 2.31 bits per heavy atom. The van der Waals surface area contributed by atoms with E-state index in [0.717, 1.165) is 21.8 Å². The first-order valence-electron chi connectivity index (χ1n) is 7.98. The average Bonchev–Trinajstić information content (AvgIpc) is 2.73. The molecule has 2 aromatic rings. The summed E-state index contributed by atoms with van der Waals surface area (Å²) in [5.41, 5.74) is 2.88. The minimum Gasteiger partial charge on any atom is -0.465 e. The van der Waals surface area contributed by atoms with Crippen LogP contribution < -0.4 is 14.7 Å². The lowest BCUT2D eigenvalue weighted by Gasteiger charge is -2.10. The maximum absolute atomic E-state index is 12.8. The zero-order valence-electron chi connectivity index (χ0n) is 15.5. The molecule has 0 aliphatic carbocycles. The molecule has 7 nitrogen and oxygen atoms in total. The van der Waals surface area contributed by atoms with Gasteiger partial charge in [-0.15, -0.1) is 0 Å². The number of benzene rings is 1. The number of hydrogen-bond acceptors (Lipinski definition) is 7. The molecule has 1 aromatic heterocycles. The Morgan fingerprint density at radius 1 is 1.19 bits per heavy atom. The molecule has 0 radical (unpaired) electrons. The maximum Gasteiger partial charge on any atom is 0.475 e. The highest BCUT2D eigenvalue weighted by Gasteiger charge is 2.31. The summed E-state index contributed by atoms with van der Waals surface area (Å²) in [6, 6.07) is 3.59. The Morgan fingerprint density at radius 2 is 1.77 bits per heavy atom. The van der Waals surface area contributed by atoms with Crippen molar-refractivity contribution >= 4 is 27.4 Å². The van der Waals surface area contributed by atoms with Crippen LogP contribution in [-0.4, -0.2) is 21.0 Å². The largest absolute Gasteiger partial charge is 0.475 e. The van der Waals surface area contributed by atoms with E-state index < -0.39 is 10.1 Å². The van der Waals surface area contributed by atoms with Gasteiger partial charge in [0.05, 0.1) is 11.5 Å². The molecule has 0 unspecified atom stereocenters. The summed E-state index contributed by atoms with van der Waals surface area (Å²) in [5.74, 6) is 5.58. The zero-order valence-corrected chi connectivity index (χ0v) is 17.1. The molecule has 1 aromatic carbocycles. The number of thiazole rings is 1. The number of carbonyl (C=O) groups excluding carboxylic acids is 1. The van der Waals surface area contributed by atoms with Crippen molar-refractivity contribution < 1.29 is 26.8 Å². The minimum atomic E-state index is -4.03. The highest BCUT2D eigenvalue weighted by Crippen LogP contribution is 2.28. The Bertz CT molecular complexity index is 925. The van der Waals surface area contributed by atoms with E-state index in [0.29, 0.717) is 23.2 Å². The Labute approximate surface area is 157 Å². The van der Waals surface area contributed by atoms with Crippen molar-refractivity contribution in [3.63, 3.8) is 0 Å². The van der Waals surface area contributed by atoms with E-state index >= 15 is 0 Å². The third-order valence-corrected chi connectivity index (χ3v) is 6.67. The molecule has 0 saturated carbocycles. The normalized spacial score (nSPS) is 11.4. The minimum absolute atomic E-state index is 0.0553. The number of esters is 1. The fourth-order valence-electron chi connectivity index (χ4n) is 2.77. The second kappa shape index (κ2) is 7.63. The van der Waals surface area contributed by atoms with E-state index in [9.17, 15) is 13.2 Å². The van der Waals surface area contributed by atoms with Crippen LogP contribution in [-0.2, 0) is 26.1 Å². The first-order chi connectivity index (χ1) is 12.0. The standard InChI is InChI=1S/C17H23N2O5S2/c1-10-8-11(2)16(12(3)9-10)26(21,22)24-17-19(18)13(4)15(25-17)6-7-23-14(5)20/h8-9H,6-7,18H2,1-5H3/q+1. The molecular weight excluding hydrogens is 376 g/mol. The molecule has 2 N–H and O–H groups in total. The fraction of sp³-hybridized carbons (Fsp3) is 0.412. The molecule has 142 valence electrons. The van der Waals surface area contributed by atoms with Gasteiger partial charge in [-0.05, 0) is 47.9 Å². The number of nitrogen functional groups attached to an aromatic ring is 1. The number of carbonyl (C=O) groups is 1. The number of rotatable bonds is 6. The first kappa shape index (κ1) is 20.2. The molecule has 1 heterocycles. The van der Waals surface area contributed by atoms with Gasteiger partial charge in [0.2, 0.25) is 5.69 Å². The summed E-state index contributed by atoms with van der Waals surface area (Å²) in [5, 5.41) is 0.0553. The SMILES string of the molecule is CC(=O)OCCc1sc(OS(=O)(=O)c2c(C)cc(C)cc2C)[n+](N)c1C. The van der Waals surface area contributed by atoms with Crippen LogP contribution in [0.4, 0.5) is 0 Å². The van der Waals surface area contributed by atoms with Crippen LogP contribution in [0.5, 0.6) is 5.19 Å². The van der Waals surface area contributed by atoms with Crippen LogP contribution >= 0.6 is 11.3 Å². The van der Waals surface area contributed by atoms with Gasteiger partial charge in [-0.3, -0.25) is 4.79 Å². The van der Waals surface area contributed by atoms with E-state index in [1.54, 1.807) is 32.9 Å². The van der Waals surface area contributed by atoms with Gasteiger partial charge in [-0.1, -0.05) is 17.7 Å². The summed E-state index contributed by atoms with van der Waals surface area (Å²) in [6.45, 7) is 8.65. The van der Waals surface area contributed by atoms with Crippen LogP contribution in [0, 0.1) is 27.7 Å². The van der Waals surface area contributed by atoms with Crippen LogP contribution in [0.25, 0.3) is 0 Å². The number of nitrogens with two attached hydrogens (primary N) is 1. The molecule has 0 bridgehead atoms. The number of ether oxygens (including phenoxy) is 1. The molecule has 2 rings (SSSR count). The number of aryl methyl sites for hydroxylation is 3. The second-order valence-corrected chi connectivity index (χ2v) is 8.63. The molecule has 9 heteroatoms. The quantitative estimate of drug-likeness (QED) is 0.344. The van der Waals surface area contributed by atoms with Crippen molar-refractivity contribution in [2.45, 2.75) is 45.9 Å². The molecule has 0 aliphatic heterocycles. The van der Waals surface area contributed by atoms with Gasteiger partial charge in [0.1, 0.15) is 4.90 Å². The molecular formula is C17H23N2O5S2+. The van der Waals surface area contributed by atoms with Gasteiger partial charge in [0.25, 0.3) is 0 Å². The first-order valence-corrected chi connectivity index (χ1v) is 10.2. The molecule has 0 saturated heterocycles. The summed E-state index contributed by atoms with van der Waals surface area (Å²) in [6.07, 6.45) is 0.430. The van der Waals surface area contributed by atoms with Crippen molar-refractivity contribution in [2.75, 3.05) is 12.4 Å². The summed E-state index contributed by atoms with van der Waals surface area (Å²) in [4.78, 5) is 11.8. The molecule has 0 aliphatic rings. The lowest BCUT2D eigenvalue weighted by atomic mass is 10.1. The van der Waals surface area contributed by atoms with E-state index in [1.165, 1.54) is 11.6 Å². The third kappa shape index (κ3) is 4.34. The van der Waals surface area contributed by atoms with Crippen LogP contribution in [0.2, 0.25) is 0 Å². The smallest absolute Gasteiger partial charge is 0.465 e. The highest BCUT2D eigenvalue weighted by atomic mass is 32.2. The van der Waals surface area contributed by atoms with Gasteiger partial charge in [0.15, 0.2) is 0 Å². The molecule has 26 heavy (non-hydrogen) atoms. The Hall–Kier alpha value is -2.13. The van der Waals surface area contributed by atoms with E-state index in [2.05, 4.69) is 0 Å². The van der Waals surface area contributed by atoms with Crippen molar-refractivity contribution in [3.8, 4) is 5.19 Å². The third-order valence-electron chi connectivity index (χ3n) is 3.84. The predicted molar refractivity (Wildman–Crippen MR) is 98.2 cm³/mol. The lowest BCUT2D eigenvalue weighted by molar-refractivity contribution is -0.643. The Balaban J connectivity index is 2.32. The van der Waals surface area contributed by atoms with E-state index in [1.807, 2.05) is 6.92 Å². The van der Waals surface area contributed by atoms with Gasteiger partial charge < -0.3 is 8.92 Å². The van der Waals surface area contributed by atoms with Crippen LogP contribution in [0.3, 0.4) is 0 Å². The summed E-state index contributed by atoms with van der Waals surface area (Å²) < 4.78 is 37.0. The van der Waals surface area contributed by atoms with Gasteiger partial charge in [-0.2, -0.15) is 8.42 Å². The topological polar surface area (TPSA) is 99.6 Å². The lowest BCUT2D eigenvalue weighted by Crippen LogP contribution is -2.47. The van der Waals surface area contributed by atoms with Crippen LogP contribution in [0.15, 0.2) is 17.0 Å². The Kier molecular flexibility index (Phi) is 5.92. The van der Waals surface area contributed by atoms with Gasteiger partial charge in [0, 0.05) is 20.3 Å². The molecule has 0 atom stereocenters. The molecule has 0 spiro atoms. The fourth-order valence-corrected chi connectivity index (χ4v) is 5.31. The van der Waals surface area contributed by atoms with E-state index in [-0.39, 0.29) is 22.7 Å². The molecule has 0 fully saturated rings. The van der Waals surface area contributed by atoms with Crippen molar-refractivity contribution in [1.29, 1.82) is 0 Å². The van der Waals surface area contributed by atoms with Crippen LogP contribution in [0.1, 0.15) is 34.2 Å². The second-order valence-electron chi connectivity index (χ2n) is 6.10. The number of hydrogen-bond donors (Lipinski definition) is 1. The predicted octanol–water partition coefficient (Wildman–Crippen LogP) is 1.86. The van der Waals surface area contributed by atoms with Gasteiger partial charge >= 0.3 is 21.3 Å².